The molecule has 118 heavy (non-hydrogen) atoms. The first kappa shape index (κ1) is 92.7. The van der Waals surface area contributed by atoms with Crippen molar-refractivity contribution in [2.24, 2.45) is 0 Å². The van der Waals surface area contributed by atoms with E-state index in [0.717, 1.165) is 17.8 Å². The fraction of sp³-hybridized carbons (Fsp3) is 0.754. The highest BCUT2D eigenvalue weighted by molar-refractivity contribution is 7.89. The normalized spacial score (nSPS) is 44.5. The van der Waals surface area contributed by atoms with E-state index >= 15 is 0 Å². The smallest absolute Gasteiger partial charge is 0.321 e. The fourth-order valence-electron chi connectivity index (χ4n) is 15.1. The molecule has 49 heteroatoms. The van der Waals surface area contributed by atoms with E-state index in [1.54, 1.807) is 44.1 Å². The Morgan fingerprint density at radius 1 is 0.356 bits per heavy atom. The third-order valence-corrected chi connectivity index (χ3v) is 24.4. The molecule has 33 rings (SSSR count). The van der Waals surface area contributed by atoms with E-state index < -0.39 is 336 Å². The predicted octanol–water partition coefficient (Wildman–Crippen LogP) is -13.9. The first-order valence-corrected chi connectivity index (χ1v) is 40.2. The van der Waals surface area contributed by atoms with Crippen molar-refractivity contribution in [3.8, 4) is 0 Å². The number of aliphatic hydroxyl groups excluding tert-OH is 22. The number of nitrogens with zero attached hydrogens (tertiary/aromatic N) is 1. The number of esters is 1. The second kappa shape index (κ2) is 38.9. The zero-order valence-corrected chi connectivity index (χ0v) is 64.4. The molecule has 0 amide bonds. The van der Waals surface area contributed by atoms with Crippen LogP contribution in [0.5, 0.6) is 0 Å². The number of carbonyl (C=O) groups excluding carboxylic acids is 1. The standard InChI is InChI=1S/C69H100N2O45S2/c1-23-7-9-25(10-8-23)118(97,98)100-22-36-61-45(86)53(94)69(108-36)114-59-34(20-77)105-66(50(91)42(59)83)112-57-32(18-75)103-64(48(89)40(57)81)110-55-30(16-73)101-62(46(87)38(55)79)109-54-29(15-72)102-63(47(88)39(54)80)111-56-31(17-74)104-65(49(90)41(56)82)113-58-33(19-76)106-67(51(92)43(58)84)115-60-35(107-68(116-61)52(93)44(60)85)21-99-37(78)14-70-117(95,96)26-11-12-27-24(13-26)5-4-6-28(27)71(2)3/h4-13,29-36,38-70,72-77,79-94H,14-22H2,1-3H3. The molecule has 30 aliphatic heterocycles. The van der Waals surface area contributed by atoms with Gasteiger partial charge in [-0.2, -0.15) is 13.1 Å². The number of nitrogens with one attached hydrogen (secondary N) is 1. The van der Waals surface area contributed by atoms with E-state index in [0.29, 0.717) is 16.3 Å². The summed E-state index contributed by atoms with van der Waals surface area (Å²) in [6.07, 6.45) is -88.3. The molecule has 0 radical (unpaired) electrons. The summed E-state index contributed by atoms with van der Waals surface area (Å²) in [4.78, 5) is 14.8. The topological polar surface area (TPSA) is 712 Å². The van der Waals surface area contributed by atoms with Gasteiger partial charge in [-0.05, 0) is 42.6 Å². The molecule has 668 valence electrons. The maximum absolute atomic E-state index is 13.9. The number of hydrogen-bond acceptors (Lipinski definition) is 46. The van der Waals surface area contributed by atoms with Crippen molar-refractivity contribution in [1.82, 2.24) is 4.72 Å². The molecule has 0 spiro atoms. The third kappa shape index (κ3) is 19.3. The van der Waals surface area contributed by atoms with Crippen LogP contribution in [0.1, 0.15) is 5.56 Å². The van der Waals surface area contributed by atoms with E-state index in [1.165, 1.54) is 30.3 Å². The van der Waals surface area contributed by atoms with Gasteiger partial charge in [0.05, 0.1) is 56.0 Å². The minimum absolute atomic E-state index is 0.297. The summed E-state index contributed by atoms with van der Waals surface area (Å²) >= 11 is 0. The van der Waals surface area contributed by atoms with Crippen molar-refractivity contribution in [2.75, 3.05) is 78.4 Å². The van der Waals surface area contributed by atoms with Crippen LogP contribution in [-0.2, 0) is 110 Å². The number of anilines is 1. The summed E-state index contributed by atoms with van der Waals surface area (Å²) in [6.45, 7) is -8.91. The largest absolute Gasteiger partial charge is 0.462 e. The van der Waals surface area contributed by atoms with E-state index in [-0.39, 0.29) is 4.90 Å². The minimum Gasteiger partial charge on any atom is -0.462 e. The monoisotopic (exact) mass is 1740 g/mol. The van der Waals surface area contributed by atoms with Gasteiger partial charge in [0.25, 0.3) is 10.1 Å². The van der Waals surface area contributed by atoms with Crippen LogP contribution in [0.2, 0.25) is 0 Å². The summed E-state index contributed by atoms with van der Waals surface area (Å²) in [5.74, 6) is -1.38. The van der Waals surface area contributed by atoms with Crippen LogP contribution in [0.4, 0.5) is 5.69 Å². The molecule has 40 unspecified atom stereocenters. The number of ether oxygens (including phenoxy) is 17. The highest BCUT2D eigenvalue weighted by Gasteiger charge is 2.61. The predicted molar refractivity (Wildman–Crippen MR) is 376 cm³/mol. The molecule has 0 aliphatic carbocycles. The van der Waals surface area contributed by atoms with E-state index in [4.69, 9.17) is 84.7 Å². The molecule has 30 fully saturated rings. The molecule has 23 N–H and O–H groups in total. The molecule has 30 heterocycles. The summed E-state index contributed by atoms with van der Waals surface area (Å²) < 4.78 is 162. The Balaban J connectivity index is 0.850. The molecular formula is C69H100N2O45S2. The molecular weight excluding hydrogens is 1640 g/mol. The van der Waals surface area contributed by atoms with Crippen LogP contribution >= 0.6 is 0 Å². The number of sulfonamides is 1. The van der Waals surface area contributed by atoms with Crippen molar-refractivity contribution >= 4 is 42.6 Å². The van der Waals surface area contributed by atoms with Gasteiger partial charge in [0.1, 0.15) is 208 Å². The zero-order valence-electron chi connectivity index (χ0n) is 62.7. The van der Waals surface area contributed by atoms with Crippen LogP contribution in [0, 0.1) is 6.92 Å². The molecule has 30 saturated heterocycles. The van der Waals surface area contributed by atoms with Gasteiger partial charge in [0, 0.05) is 25.2 Å². The number of carbonyl (C=O) groups is 1. The fourth-order valence-corrected chi connectivity index (χ4v) is 17.0. The van der Waals surface area contributed by atoms with Gasteiger partial charge >= 0.3 is 5.97 Å². The van der Waals surface area contributed by atoms with Crippen molar-refractivity contribution in [1.29, 1.82) is 0 Å². The molecule has 0 aromatic heterocycles. The van der Waals surface area contributed by atoms with E-state index in [1.807, 2.05) is 0 Å². The van der Waals surface area contributed by atoms with Gasteiger partial charge in [-0.3, -0.25) is 8.98 Å². The average Bonchev–Trinajstić information content (AvgIpc) is 0.772. The first-order chi connectivity index (χ1) is 56.0. The minimum atomic E-state index is -4.87. The highest BCUT2D eigenvalue weighted by Crippen LogP contribution is 2.41. The van der Waals surface area contributed by atoms with Gasteiger partial charge in [0.2, 0.25) is 10.0 Å². The Hall–Kier alpha value is -4.51. The lowest BCUT2D eigenvalue weighted by Crippen LogP contribution is -2.69. The molecule has 40 atom stereocenters. The van der Waals surface area contributed by atoms with E-state index in [9.17, 15) is 134 Å². The van der Waals surface area contributed by atoms with Gasteiger partial charge in [-0.15, -0.1) is 0 Å². The second-order valence-corrected chi connectivity index (χ2v) is 33.1. The molecule has 0 saturated carbocycles. The molecule has 47 nitrogen and oxygen atoms in total. The number of fused-ring (bicyclic) bond motifs is 1. The molecule has 30 aliphatic rings. The lowest BCUT2D eigenvalue weighted by Gasteiger charge is -2.50. The number of aryl methyl sites for hydroxylation is 1. The summed E-state index contributed by atoms with van der Waals surface area (Å²) in [5.41, 5.74) is 1.34. The van der Waals surface area contributed by atoms with Crippen molar-refractivity contribution in [3.05, 3.63) is 66.2 Å². The van der Waals surface area contributed by atoms with Crippen LogP contribution in [0.25, 0.3) is 10.8 Å². The molecule has 3 aromatic rings. The van der Waals surface area contributed by atoms with Gasteiger partial charge < -0.3 is 198 Å². The van der Waals surface area contributed by atoms with Crippen LogP contribution in [0.3, 0.4) is 0 Å². The SMILES string of the molecule is Cc1ccc(S(=O)(=O)OCC2OC3OC4C(CO)OC(OC5C(CO)OC(OC6C(CO)OC(OC7C(CO)OC(OC8C(CO)OC(OC9C(CO)OC(OC%10C(COC(=O)CNS(=O)(=O)c%11ccc%12c(N(C)C)cccc%12c%11)OC(OC2C(O)C3O)C(O)C%10O)C(O)C9O)C(O)C8O)C(O)C7O)C(O)C6O)C(O)C5O)C(O)C4O)cc1. The van der Waals surface area contributed by atoms with Crippen LogP contribution in [0.15, 0.2) is 70.5 Å². The number of aliphatic hydroxyl groups is 22. The Kier molecular flexibility index (Phi) is 30.6. The van der Waals surface area contributed by atoms with Gasteiger partial charge in [-0.25, -0.2) is 8.42 Å². The lowest BCUT2D eigenvalue weighted by atomic mass is 9.94. The zero-order chi connectivity index (χ0) is 85.6. The number of benzene rings is 3. The van der Waals surface area contributed by atoms with E-state index in [2.05, 4.69) is 4.72 Å². The Labute approximate surface area is 670 Å². The summed E-state index contributed by atoms with van der Waals surface area (Å²) in [7, 11) is -5.87. The Bertz CT molecular complexity index is 3990. The Morgan fingerprint density at radius 2 is 0.627 bits per heavy atom. The maximum atomic E-state index is 13.9. The number of hydrogen-bond donors (Lipinski definition) is 23. The van der Waals surface area contributed by atoms with Crippen LogP contribution < -0.4 is 9.62 Å². The quantitative estimate of drug-likeness (QED) is 0.0441. The lowest BCUT2D eigenvalue weighted by molar-refractivity contribution is -0.404. The number of rotatable bonds is 17. The first-order valence-electron chi connectivity index (χ1n) is 37.3. The summed E-state index contributed by atoms with van der Waals surface area (Å²) in [5, 5.41) is 253. The Morgan fingerprint density at radius 3 is 0.915 bits per heavy atom. The van der Waals surface area contributed by atoms with Gasteiger partial charge in [0.15, 0.2) is 50.3 Å². The van der Waals surface area contributed by atoms with Crippen molar-refractivity contribution < 1.29 is 219 Å². The van der Waals surface area contributed by atoms with Crippen LogP contribution in [-0.4, -0.2) is 454 Å². The summed E-state index contributed by atoms with van der Waals surface area (Å²) in [6, 6.07) is 14.4. The van der Waals surface area contributed by atoms with Crippen molar-refractivity contribution in [2.45, 2.75) is 262 Å². The van der Waals surface area contributed by atoms with Crippen molar-refractivity contribution in [3.63, 3.8) is 0 Å². The van der Waals surface area contributed by atoms with Gasteiger partial charge in [-0.1, -0.05) is 35.9 Å². The average molecular weight is 1740 g/mol. The maximum Gasteiger partial charge on any atom is 0.321 e. The molecule has 3 aromatic carbocycles. The molecule has 16 bridgehead atoms. The third-order valence-electron chi connectivity index (χ3n) is 21.7. The second-order valence-electron chi connectivity index (χ2n) is 29.7. The highest BCUT2D eigenvalue weighted by atomic mass is 32.2.